The molecule has 0 aliphatic rings. The largest absolute Gasteiger partial charge is 0.356 e. The maximum Gasteiger partial charge on any atom is 0.232 e. The average Bonchev–Trinajstić information content (AvgIpc) is 2.91. The van der Waals surface area contributed by atoms with Crippen LogP contribution in [-0.2, 0) is 12.0 Å². The van der Waals surface area contributed by atoms with E-state index in [9.17, 15) is 0 Å². The number of nitrogens with zero attached hydrogens (tertiary/aromatic N) is 3. The molecule has 0 atom stereocenters. The Labute approximate surface area is 150 Å². The normalized spacial score (nSPS) is 12.0. The van der Waals surface area contributed by atoms with Crippen molar-refractivity contribution in [2.24, 2.45) is 4.99 Å². The zero-order valence-electron chi connectivity index (χ0n) is 14.4. The van der Waals surface area contributed by atoms with E-state index in [-0.39, 0.29) is 29.4 Å². The van der Waals surface area contributed by atoms with Crippen molar-refractivity contribution in [3.8, 4) is 0 Å². The van der Waals surface area contributed by atoms with E-state index in [0.717, 1.165) is 18.9 Å². The first kappa shape index (κ1) is 21.1. The van der Waals surface area contributed by atoms with Crippen LogP contribution in [0.15, 0.2) is 9.52 Å². The van der Waals surface area contributed by atoms with Crippen LogP contribution in [0.4, 0.5) is 0 Å². The molecule has 6 nitrogen and oxygen atoms in total. The Morgan fingerprint density at radius 2 is 1.91 bits per heavy atom. The van der Waals surface area contributed by atoms with Crippen LogP contribution in [-0.4, -0.2) is 29.7 Å². The second kappa shape index (κ2) is 10.8. The van der Waals surface area contributed by atoms with Crippen LogP contribution in [0.1, 0.15) is 65.1 Å². The third-order valence-corrected chi connectivity index (χ3v) is 3.07. The van der Waals surface area contributed by atoms with Crippen LogP contribution in [0.2, 0.25) is 0 Å². The number of hydrogen-bond acceptors (Lipinski definition) is 4. The third-order valence-electron chi connectivity index (χ3n) is 3.07. The van der Waals surface area contributed by atoms with Crippen molar-refractivity contribution in [2.75, 3.05) is 13.6 Å². The summed E-state index contributed by atoms with van der Waals surface area (Å²) in [5.74, 6) is 2.07. The SMILES string of the molecule is CCCCCCNC(=NC)NCc1noc(C(C)(C)C)n1.I. The lowest BCUT2D eigenvalue weighted by Crippen LogP contribution is -2.37. The first-order valence-electron chi connectivity index (χ1n) is 7.75. The lowest BCUT2D eigenvalue weighted by Gasteiger charge is -2.11. The maximum absolute atomic E-state index is 5.26. The number of rotatable bonds is 7. The van der Waals surface area contributed by atoms with E-state index in [1.54, 1.807) is 7.05 Å². The summed E-state index contributed by atoms with van der Waals surface area (Å²) in [5.41, 5.74) is -0.121. The van der Waals surface area contributed by atoms with Crippen molar-refractivity contribution in [2.45, 2.75) is 65.3 Å². The van der Waals surface area contributed by atoms with Crippen LogP contribution in [0.25, 0.3) is 0 Å². The Morgan fingerprint density at radius 3 is 2.45 bits per heavy atom. The third kappa shape index (κ3) is 7.95. The van der Waals surface area contributed by atoms with Crippen molar-refractivity contribution >= 4 is 29.9 Å². The summed E-state index contributed by atoms with van der Waals surface area (Å²) < 4.78 is 5.26. The number of nitrogens with one attached hydrogen (secondary N) is 2. The van der Waals surface area contributed by atoms with E-state index in [4.69, 9.17) is 4.52 Å². The van der Waals surface area contributed by atoms with Gasteiger partial charge in [0.2, 0.25) is 5.89 Å². The number of aromatic nitrogens is 2. The van der Waals surface area contributed by atoms with Gasteiger partial charge in [0.1, 0.15) is 0 Å². The van der Waals surface area contributed by atoms with Crippen molar-refractivity contribution in [3.05, 3.63) is 11.7 Å². The van der Waals surface area contributed by atoms with Crippen LogP contribution in [0, 0.1) is 0 Å². The Bertz CT molecular complexity index is 439. The van der Waals surface area contributed by atoms with Gasteiger partial charge >= 0.3 is 0 Å². The molecular weight excluding hydrogens is 393 g/mol. The molecule has 1 aromatic rings. The minimum atomic E-state index is -0.121. The molecule has 0 aliphatic heterocycles. The molecule has 0 aliphatic carbocycles. The predicted octanol–water partition coefficient (Wildman–Crippen LogP) is 3.23. The Kier molecular flexibility index (Phi) is 10.4. The highest BCUT2D eigenvalue weighted by Crippen LogP contribution is 2.19. The molecule has 0 radical (unpaired) electrons. The molecule has 0 bridgehead atoms. The number of unbranched alkanes of at least 4 members (excludes halogenated alkanes) is 3. The summed E-state index contributed by atoms with van der Waals surface area (Å²) in [6.45, 7) is 9.80. The van der Waals surface area contributed by atoms with Gasteiger partial charge in [-0.05, 0) is 6.42 Å². The fraction of sp³-hybridized carbons (Fsp3) is 0.800. The molecule has 1 heterocycles. The summed E-state index contributed by atoms with van der Waals surface area (Å²) in [5, 5.41) is 10.5. The number of aliphatic imine (C=N–C) groups is 1. The number of hydrogen-bond donors (Lipinski definition) is 2. The standard InChI is InChI=1S/C15H29N5O.HI/c1-6-7-8-9-10-17-14(16-5)18-11-12-19-13(21-20-12)15(2,3)4;/h6-11H2,1-5H3,(H2,16,17,18);1H. The molecule has 0 saturated carbocycles. The summed E-state index contributed by atoms with van der Waals surface area (Å²) >= 11 is 0. The first-order chi connectivity index (χ1) is 9.97. The van der Waals surface area contributed by atoms with Crippen molar-refractivity contribution in [3.63, 3.8) is 0 Å². The highest BCUT2D eigenvalue weighted by Gasteiger charge is 2.21. The van der Waals surface area contributed by atoms with Crippen LogP contribution in [0.3, 0.4) is 0 Å². The summed E-state index contributed by atoms with van der Waals surface area (Å²) in [4.78, 5) is 8.57. The highest BCUT2D eigenvalue weighted by molar-refractivity contribution is 14.0. The smallest absolute Gasteiger partial charge is 0.232 e. The van der Waals surface area contributed by atoms with Gasteiger partial charge < -0.3 is 15.2 Å². The molecule has 0 fully saturated rings. The second-order valence-corrected chi connectivity index (χ2v) is 6.18. The maximum atomic E-state index is 5.26. The number of halogens is 1. The summed E-state index contributed by atoms with van der Waals surface area (Å²) in [6.07, 6.45) is 4.94. The van der Waals surface area contributed by atoms with E-state index in [2.05, 4.69) is 53.5 Å². The molecule has 0 aromatic carbocycles. The van der Waals surface area contributed by atoms with Crippen LogP contribution in [0.5, 0.6) is 0 Å². The van der Waals surface area contributed by atoms with Crippen molar-refractivity contribution in [1.29, 1.82) is 0 Å². The summed E-state index contributed by atoms with van der Waals surface area (Å²) in [7, 11) is 1.76. The minimum absolute atomic E-state index is 0. The van der Waals surface area contributed by atoms with Crippen LogP contribution < -0.4 is 10.6 Å². The van der Waals surface area contributed by atoms with Gasteiger partial charge in [-0.2, -0.15) is 4.98 Å². The van der Waals surface area contributed by atoms with Gasteiger partial charge in [-0.3, -0.25) is 4.99 Å². The molecule has 1 rings (SSSR count). The van der Waals surface area contributed by atoms with Gasteiger partial charge in [0.15, 0.2) is 11.8 Å². The zero-order valence-corrected chi connectivity index (χ0v) is 16.7. The fourth-order valence-electron chi connectivity index (χ4n) is 1.77. The van der Waals surface area contributed by atoms with Crippen molar-refractivity contribution < 1.29 is 4.52 Å². The van der Waals surface area contributed by atoms with Gasteiger partial charge in [-0.25, -0.2) is 0 Å². The molecule has 7 heteroatoms. The molecule has 22 heavy (non-hydrogen) atoms. The molecule has 1 aromatic heterocycles. The summed E-state index contributed by atoms with van der Waals surface area (Å²) in [6, 6.07) is 0. The van der Waals surface area contributed by atoms with E-state index in [1.165, 1.54) is 19.3 Å². The van der Waals surface area contributed by atoms with Gasteiger partial charge in [0.25, 0.3) is 0 Å². The molecule has 0 spiro atoms. The quantitative estimate of drug-likeness (QED) is 0.305. The molecule has 2 N–H and O–H groups in total. The topological polar surface area (TPSA) is 75.3 Å². The van der Waals surface area contributed by atoms with E-state index >= 15 is 0 Å². The Hall–Kier alpha value is -0.860. The molecule has 0 unspecified atom stereocenters. The van der Waals surface area contributed by atoms with E-state index < -0.39 is 0 Å². The average molecular weight is 423 g/mol. The molecule has 0 amide bonds. The van der Waals surface area contributed by atoms with E-state index in [1.807, 2.05) is 0 Å². The van der Waals surface area contributed by atoms with E-state index in [0.29, 0.717) is 18.3 Å². The van der Waals surface area contributed by atoms with Crippen LogP contribution >= 0.6 is 24.0 Å². The van der Waals surface area contributed by atoms with Gasteiger partial charge in [0.05, 0.1) is 6.54 Å². The van der Waals surface area contributed by atoms with Gasteiger partial charge in [-0.15, -0.1) is 24.0 Å². The van der Waals surface area contributed by atoms with Crippen molar-refractivity contribution in [1.82, 2.24) is 20.8 Å². The monoisotopic (exact) mass is 423 g/mol. The Balaban J connectivity index is 0.00000441. The molecule has 0 saturated heterocycles. The van der Waals surface area contributed by atoms with Gasteiger partial charge in [-0.1, -0.05) is 52.1 Å². The zero-order chi connectivity index (χ0) is 15.7. The Morgan fingerprint density at radius 1 is 1.18 bits per heavy atom. The lowest BCUT2D eigenvalue weighted by molar-refractivity contribution is 0.318. The fourth-order valence-corrected chi connectivity index (χ4v) is 1.77. The highest BCUT2D eigenvalue weighted by atomic mass is 127. The molecule has 128 valence electrons. The van der Waals surface area contributed by atoms with Gasteiger partial charge in [0, 0.05) is 19.0 Å². The minimum Gasteiger partial charge on any atom is -0.356 e. The lowest BCUT2D eigenvalue weighted by atomic mass is 9.97. The predicted molar refractivity (Wildman–Crippen MR) is 101 cm³/mol. The first-order valence-corrected chi connectivity index (χ1v) is 7.75. The molecular formula is C15H30IN5O. The second-order valence-electron chi connectivity index (χ2n) is 6.18. The number of guanidine groups is 1.